The van der Waals surface area contributed by atoms with E-state index in [9.17, 15) is 4.79 Å². The van der Waals surface area contributed by atoms with Crippen molar-refractivity contribution in [2.45, 2.75) is 26.2 Å². The van der Waals surface area contributed by atoms with E-state index >= 15 is 0 Å². The van der Waals surface area contributed by atoms with E-state index in [-0.39, 0.29) is 12.4 Å². The number of nitrogens with zero attached hydrogens (tertiary/aromatic N) is 2. The number of methoxy groups -OCH3 is 1. The molecule has 0 radical (unpaired) electrons. The Hall–Kier alpha value is -3.15. The Kier molecular flexibility index (Phi) is 5.63. The van der Waals surface area contributed by atoms with Crippen molar-refractivity contribution in [1.29, 1.82) is 0 Å². The molecule has 2 aromatic carbocycles. The monoisotopic (exact) mass is 352 g/mol. The summed E-state index contributed by atoms with van der Waals surface area (Å²) in [5.41, 5.74) is 1.93. The lowest BCUT2D eigenvalue weighted by Gasteiger charge is -2.09. The predicted octanol–water partition coefficient (Wildman–Crippen LogP) is 3.98. The molecule has 3 aromatic rings. The highest BCUT2D eigenvalue weighted by atomic mass is 16.6. The molecule has 1 heterocycles. The van der Waals surface area contributed by atoms with Gasteiger partial charge in [-0.15, -0.1) is 0 Å². The highest BCUT2D eigenvalue weighted by Crippen LogP contribution is 2.28. The molecule has 134 valence electrons. The van der Waals surface area contributed by atoms with Crippen molar-refractivity contribution in [3.63, 3.8) is 0 Å². The summed E-state index contributed by atoms with van der Waals surface area (Å²) in [6.45, 7) is 1.95. The van der Waals surface area contributed by atoms with Crippen LogP contribution in [0, 0.1) is 6.92 Å². The Morgan fingerprint density at radius 2 is 1.92 bits per heavy atom. The molecule has 0 saturated carbocycles. The summed E-state index contributed by atoms with van der Waals surface area (Å²) in [6, 6.07) is 15.0. The van der Waals surface area contributed by atoms with Crippen LogP contribution in [0.2, 0.25) is 0 Å². The van der Waals surface area contributed by atoms with Gasteiger partial charge in [0.05, 0.1) is 7.11 Å². The zero-order valence-corrected chi connectivity index (χ0v) is 14.8. The SMILES string of the molecule is COc1cc(C)ccc1OC(=O)CCCc1nc(-c2ccccc2)no1. The van der Waals surface area contributed by atoms with Crippen LogP contribution < -0.4 is 9.47 Å². The number of carbonyl (C=O) groups is 1. The van der Waals surface area contributed by atoms with E-state index in [1.165, 1.54) is 0 Å². The molecule has 0 fully saturated rings. The first-order chi connectivity index (χ1) is 12.7. The molecule has 0 N–H and O–H groups in total. The maximum absolute atomic E-state index is 12.0. The summed E-state index contributed by atoms with van der Waals surface area (Å²) < 4.78 is 15.8. The number of carbonyl (C=O) groups excluding carboxylic acids is 1. The first-order valence-electron chi connectivity index (χ1n) is 8.39. The average Bonchev–Trinajstić information content (AvgIpc) is 3.13. The van der Waals surface area contributed by atoms with Crippen molar-refractivity contribution in [1.82, 2.24) is 10.1 Å². The van der Waals surface area contributed by atoms with Gasteiger partial charge in [0.25, 0.3) is 0 Å². The Morgan fingerprint density at radius 3 is 2.69 bits per heavy atom. The molecule has 0 aliphatic carbocycles. The fraction of sp³-hybridized carbons (Fsp3) is 0.250. The molecule has 0 aliphatic rings. The van der Waals surface area contributed by atoms with Gasteiger partial charge in [-0.05, 0) is 31.0 Å². The number of hydrogen-bond donors (Lipinski definition) is 0. The Bertz CT molecular complexity index is 875. The van der Waals surface area contributed by atoms with Crippen molar-refractivity contribution >= 4 is 5.97 Å². The number of esters is 1. The summed E-state index contributed by atoms with van der Waals surface area (Å²) in [6.07, 6.45) is 1.32. The van der Waals surface area contributed by atoms with Crippen LogP contribution in [-0.4, -0.2) is 23.2 Å². The van der Waals surface area contributed by atoms with Crippen LogP contribution in [0.25, 0.3) is 11.4 Å². The standard InChI is InChI=1S/C20H20N2O4/c1-14-11-12-16(17(13-14)24-2)25-19(23)10-6-9-18-21-20(22-26-18)15-7-4-3-5-8-15/h3-5,7-8,11-13H,6,9-10H2,1-2H3. The molecule has 1 aromatic heterocycles. The van der Waals surface area contributed by atoms with Crippen molar-refractivity contribution in [2.24, 2.45) is 0 Å². The van der Waals surface area contributed by atoms with Gasteiger partial charge in [-0.2, -0.15) is 4.98 Å². The Labute approximate surface area is 151 Å². The average molecular weight is 352 g/mol. The number of aromatic nitrogens is 2. The smallest absolute Gasteiger partial charge is 0.311 e. The topological polar surface area (TPSA) is 74.5 Å². The lowest BCUT2D eigenvalue weighted by Crippen LogP contribution is -2.09. The van der Waals surface area contributed by atoms with Crippen LogP contribution in [0.4, 0.5) is 0 Å². The summed E-state index contributed by atoms with van der Waals surface area (Å²) in [5, 5.41) is 3.96. The lowest BCUT2D eigenvalue weighted by atomic mass is 10.2. The minimum Gasteiger partial charge on any atom is -0.493 e. The van der Waals surface area contributed by atoms with Crippen molar-refractivity contribution in [2.75, 3.05) is 7.11 Å². The minimum absolute atomic E-state index is 0.250. The lowest BCUT2D eigenvalue weighted by molar-refractivity contribution is -0.134. The number of benzene rings is 2. The molecule has 0 saturated heterocycles. The molecule has 26 heavy (non-hydrogen) atoms. The van der Waals surface area contributed by atoms with E-state index in [1.54, 1.807) is 13.2 Å². The van der Waals surface area contributed by atoms with Gasteiger partial charge in [-0.25, -0.2) is 0 Å². The maximum atomic E-state index is 12.0. The number of aryl methyl sites for hydroxylation is 2. The highest BCUT2D eigenvalue weighted by Gasteiger charge is 2.12. The van der Waals surface area contributed by atoms with E-state index in [2.05, 4.69) is 10.1 Å². The van der Waals surface area contributed by atoms with Gasteiger partial charge in [0.15, 0.2) is 11.5 Å². The molecule has 6 heteroatoms. The molecule has 6 nitrogen and oxygen atoms in total. The van der Waals surface area contributed by atoms with Crippen molar-refractivity contribution < 1.29 is 18.8 Å². The third kappa shape index (κ3) is 4.47. The first kappa shape index (κ1) is 17.7. The van der Waals surface area contributed by atoms with Gasteiger partial charge in [-0.3, -0.25) is 4.79 Å². The molecule has 0 unspecified atom stereocenters. The van der Waals surface area contributed by atoms with Crippen molar-refractivity contribution in [3.05, 3.63) is 60.0 Å². The summed E-state index contributed by atoms with van der Waals surface area (Å²) >= 11 is 0. The zero-order valence-electron chi connectivity index (χ0n) is 14.8. The second kappa shape index (κ2) is 8.29. The third-order valence-corrected chi connectivity index (χ3v) is 3.81. The minimum atomic E-state index is -0.324. The molecular formula is C20H20N2O4. The van der Waals surface area contributed by atoms with Crippen LogP contribution in [0.15, 0.2) is 53.1 Å². The quantitative estimate of drug-likeness (QED) is 0.473. The number of rotatable bonds is 7. The summed E-state index contributed by atoms with van der Waals surface area (Å²) in [7, 11) is 1.55. The molecule has 0 amide bonds. The van der Waals surface area contributed by atoms with Crippen LogP contribution >= 0.6 is 0 Å². The second-order valence-corrected chi connectivity index (χ2v) is 5.86. The van der Waals surface area contributed by atoms with Crippen molar-refractivity contribution in [3.8, 4) is 22.9 Å². The molecule has 3 rings (SSSR count). The van der Waals surface area contributed by atoms with E-state index in [0.717, 1.165) is 11.1 Å². The Balaban J connectivity index is 1.51. The van der Waals surface area contributed by atoms with Gasteiger partial charge in [0.2, 0.25) is 11.7 Å². The van der Waals surface area contributed by atoms with Crippen LogP contribution in [0.3, 0.4) is 0 Å². The van der Waals surface area contributed by atoms with Crippen LogP contribution in [0.5, 0.6) is 11.5 Å². The van der Waals surface area contributed by atoms with Gasteiger partial charge < -0.3 is 14.0 Å². The normalized spacial score (nSPS) is 10.5. The second-order valence-electron chi connectivity index (χ2n) is 5.86. The molecule has 0 aliphatic heterocycles. The van der Waals surface area contributed by atoms with E-state index in [0.29, 0.717) is 36.1 Å². The van der Waals surface area contributed by atoms with Gasteiger partial charge in [-0.1, -0.05) is 41.6 Å². The molecule has 0 spiro atoms. The molecule has 0 bridgehead atoms. The van der Waals surface area contributed by atoms with Gasteiger partial charge in [0.1, 0.15) is 0 Å². The number of hydrogen-bond acceptors (Lipinski definition) is 6. The van der Waals surface area contributed by atoms with Crippen LogP contribution in [-0.2, 0) is 11.2 Å². The molecular weight excluding hydrogens is 332 g/mol. The Morgan fingerprint density at radius 1 is 1.12 bits per heavy atom. The van der Waals surface area contributed by atoms with E-state index < -0.39 is 0 Å². The summed E-state index contributed by atoms with van der Waals surface area (Å²) in [4.78, 5) is 16.4. The first-order valence-corrected chi connectivity index (χ1v) is 8.39. The predicted molar refractivity (Wildman–Crippen MR) is 96.0 cm³/mol. The van der Waals surface area contributed by atoms with E-state index in [1.807, 2.05) is 49.4 Å². The molecule has 0 atom stereocenters. The number of ether oxygens (including phenoxy) is 2. The highest BCUT2D eigenvalue weighted by molar-refractivity contribution is 5.73. The fourth-order valence-corrected chi connectivity index (χ4v) is 2.48. The zero-order chi connectivity index (χ0) is 18.4. The van der Waals surface area contributed by atoms with Gasteiger partial charge >= 0.3 is 5.97 Å². The van der Waals surface area contributed by atoms with Gasteiger partial charge in [0, 0.05) is 18.4 Å². The fourth-order valence-electron chi connectivity index (χ4n) is 2.48. The third-order valence-electron chi connectivity index (χ3n) is 3.81. The summed E-state index contributed by atoms with van der Waals surface area (Å²) in [5.74, 6) is 1.70. The largest absolute Gasteiger partial charge is 0.493 e. The maximum Gasteiger partial charge on any atom is 0.311 e. The van der Waals surface area contributed by atoms with E-state index in [4.69, 9.17) is 14.0 Å². The van der Waals surface area contributed by atoms with Crippen LogP contribution in [0.1, 0.15) is 24.3 Å².